The lowest BCUT2D eigenvalue weighted by molar-refractivity contribution is -0.137. The first kappa shape index (κ1) is 16.4. The van der Waals surface area contributed by atoms with E-state index in [4.69, 9.17) is 4.52 Å². The molecule has 1 N–H and O–H groups in total. The van der Waals surface area contributed by atoms with Crippen molar-refractivity contribution in [3.8, 4) is 11.4 Å². The van der Waals surface area contributed by atoms with Crippen LogP contribution in [0.5, 0.6) is 0 Å². The predicted octanol–water partition coefficient (Wildman–Crippen LogP) is 1.83. The van der Waals surface area contributed by atoms with E-state index in [1.54, 1.807) is 0 Å². The third-order valence-corrected chi connectivity index (χ3v) is 3.46. The van der Waals surface area contributed by atoms with E-state index in [2.05, 4.69) is 15.5 Å². The van der Waals surface area contributed by atoms with Crippen LogP contribution in [0.3, 0.4) is 0 Å². The van der Waals surface area contributed by atoms with E-state index in [1.807, 2.05) is 0 Å². The monoisotopic (exact) mass is 344 g/mol. The third-order valence-electron chi connectivity index (χ3n) is 3.46. The zero-order chi connectivity index (χ0) is 17.3. The molecule has 1 aliphatic heterocycles. The molecular weight excluding hydrogens is 332 g/mol. The van der Waals surface area contributed by atoms with Crippen molar-refractivity contribution >= 4 is 5.91 Å². The number of nitrogens with one attached hydrogen (secondary N) is 1. The number of amides is 1. The molecule has 0 bridgehead atoms. The van der Waals surface area contributed by atoms with Gasteiger partial charge < -0.3 is 14.7 Å². The fourth-order valence-electron chi connectivity index (χ4n) is 2.30. The summed E-state index contributed by atoms with van der Waals surface area (Å²) < 4.78 is 56.6. The van der Waals surface area contributed by atoms with Gasteiger partial charge in [-0.1, -0.05) is 5.16 Å². The Morgan fingerprint density at radius 1 is 1.29 bits per heavy atom. The van der Waals surface area contributed by atoms with Gasteiger partial charge in [-0.15, -0.1) is 0 Å². The number of piperazine rings is 1. The maximum absolute atomic E-state index is 13.4. The minimum atomic E-state index is -4.68. The molecule has 0 spiro atoms. The fourth-order valence-corrected chi connectivity index (χ4v) is 2.30. The lowest BCUT2D eigenvalue weighted by Gasteiger charge is -2.25. The van der Waals surface area contributed by atoms with Gasteiger partial charge in [0.05, 0.1) is 12.1 Å². The van der Waals surface area contributed by atoms with Gasteiger partial charge in [0.15, 0.2) is 0 Å². The molecule has 24 heavy (non-hydrogen) atoms. The van der Waals surface area contributed by atoms with E-state index in [-0.39, 0.29) is 36.3 Å². The Labute approximate surface area is 133 Å². The molecular formula is C14H12F4N4O2. The number of aromatic nitrogens is 2. The second-order valence-corrected chi connectivity index (χ2v) is 5.23. The molecule has 0 unspecified atom stereocenters. The molecule has 1 aromatic carbocycles. The van der Waals surface area contributed by atoms with Crippen LogP contribution in [0.2, 0.25) is 0 Å². The summed E-state index contributed by atoms with van der Waals surface area (Å²) in [5.41, 5.74) is -1.29. The lowest BCUT2D eigenvalue weighted by atomic mass is 10.1. The Bertz CT molecular complexity index is 759. The standard InChI is InChI=1S/C14H12F4N4O2/c15-10-4-8(3-9(5-10)14(16,17)18)13-20-11(24-21-13)7-22-2-1-19-6-12(22)23/h3-5,19H,1-2,6-7H2. The molecule has 0 atom stereocenters. The van der Waals surface area contributed by atoms with Crippen molar-refractivity contribution in [1.29, 1.82) is 0 Å². The van der Waals surface area contributed by atoms with E-state index in [9.17, 15) is 22.4 Å². The van der Waals surface area contributed by atoms with Crippen LogP contribution in [-0.4, -0.2) is 40.6 Å². The van der Waals surface area contributed by atoms with Crippen LogP contribution >= 0.6 is 0 Å². The van der Waals surface area contributed by atoms with Crippen LogP contribution < -0.4 is 5.32 Å². The van der Waals surface area contributed by atoms with Crippen LogP contribution in [0.25, 0.3) is 11.4 Å². The fraction of sp³-hybridized carbons (Fsp3) is 0.357. The molecule has 2 aromatic rings. The molecule has 0 saturated carbocycles. The van der Waals surface area contributed by atoms with Gasteiger partial charge in [-0.05, 0) is 18.2 Å². The van der Waals surface area contributed by atoms with E-state index in [1.165, 1.54) is 4.90 Å². The Kier molecular flexibility index (Phi) is 4.22. The second-order valence-electron chi connectivity index (χ2n) is 5.23. The quantitative estimate of drug-likeness (QED) is 0.860. The number of alkyl halides is 3. The highest BCUT2D eigenvalue weighted by atomic mass is 19.4. The molecule has 1 saturated heterocycles. The van der Waals surface area contributed by atoms with Crippen LogP contribution in [-0.2, 0) is 17.5 Å². The summed E-state index contributed by atoms with van der Waals surface area (Å²) in [6, 6.07) is 2.03. The van der Waals surface area contributed by atoms with Gasteiger partial charge >= 0.3 is 6.18 Å². The maximum atomic E-state index is 13.4. The van der Waals surface area contributed by atoms with Crippen LogP contribution in [0.15, 0.2) is 22.7 Å². The first-order valence-corrected chi connectivity index (χ1v) is 7.02. The largest absolute Gasteiger partial charge is 0.416 e. The average molecular weight is 344 g/mol. The van der Waals surface area contributed by atoms with Crippen molar-refractivity contribution in [2.75, 3.05) is 19.6 Å². The van der Waals surface area contributed by atoms with Crippen LogP contribution in [0.1, 0.15) is 11.5 Å². The van der Waals surface area contributed by atoms with Gasteiger partial charge in [-0.3, -0.25) is 4.79 Å². The molecule has 10 heteroatoms. The summed E-state index contributed by atoms with van der Waals surface area (Å²) in [6.45, 7) is 1.31. The molecule has 0 radical (unpaired) electrons. The topological polar surface area (TPSA) is 71.3 Å². The number of carbonyl (C=O) groups is 1. The van der Waals surface area contributed by atoms with Crippen molar-refractivity contribution in [2.24, 2.45) is 0 Å². The smallest absolute Gasteiger partial charge is 0.337 e. The van der Waals surface area contributed by atoms with Crippen molar-refractivity contribution in [2.45, 2.75) is 12.7 Å². The summed E-state index contributed by atoms with van der Waals surface area (Å²) in [6.07, 6.45) is -4.68. The van der Waals surface area contributed by atoms with E-state index in [0.717, 1.165) is 12.1 Å². The van der Waals surface area contributed by atoms with E-state index >= 15 is 0 Å². The van der Waals surface area contributed by atoms with E-state index < -0.39 is 17.6 Å². The summed E-state index contributed by atoms with van der Waals surface area (Å²) in [5.74, 6) is -1.30. The Morgan fingerprint density at radius 2 is 2.08 bits per heavy atom. The van der Waals surface area contributed by atoms with Crippen molar-refractivity contribution < 1.29 is 26.9 Å². The van der Waals surface area contributed by atoms with Gasteiger partial charge in [-0.25, -0.2) is 4.39 Å². The van der Waals surface area contributed by atoms with E-state index in [0.29, 0.717) is 19.2 Å². The van der Waals surface area contributed by atoms with Gasteiger partial charge in [0.25, 0.3) is 0 Å². The summed E-state index contributed by atoms with van der Waals surface area (Å²) in [4.78, 5) is 17.1. The Hall–Kier alpha value is -2.49. The number of rotatable bonds is 3. The highest BCUT2D eigenvalue weighted by Gasteiger charge is 2.32. The highest BCUT2D eigenvalue weighted by molar-refractivity contribution is 5.78. The number of benzene rings is 1. The molecule has 0 aliphatic carbocycles. The van der Waals surface area contributed by atoms with Crippen LogP contribution in [0.4, 0.5) is 17.6 Å². The van der Waals surface area contributed by atoms with Gasteiger partial charge in [0, 0.05) is 18.7 Å². The molecule has 1 aliphatic rings. The Morgan fingerprint density at radius 3 is 2.79 bits per heavy atom. The van der Waals surface area contributed by atoms with Crippen LogP contribution in [0, 0.1) is 5.82 Å². The molecule has 1 fully saturated rings. The SMILES string of the molecule is O=C1CNCCN1Cc1nc(-c2cc(F)cc(C(F)(F)F)c2)no1. The zero-order valence-electron chi connectivity index (χ0n) is 12.2. The minimum Gasteiger partial charge on any atom is -0.337 e. The van der Waals surface area contributed by atoms with Gasteiger partial charge in [-0.2, -0.15) is 18.2 Å². The zero-order valence-corrected chi connectivity index (χ0v) is 12.2. The molecule has 6 nitrogen and oxygen atoms in total. The first-order valence-electron chi connectivity index (χ1n) is 7.02. The predicted molar refractivity (Wildman–Crippen MR) is 73.0 cm³/mol. The molecule has 3 rings (SSSR count). The second kappa shape index (κ2) is 6.19. The van der Waals surface area contributed by atoms with Crippen molar-refractivity contribution in [3.63, 3.8) is 0 Å². The molecule has 2 heterocycles. The third kappa shape index (κ3) is 3.53. The summed E-state index contributed by atoms with van der Waals surface area (Å²) in [5, 5.41) is 6.47. The molecule has 128 valence electrons. The molecule has 1 aromatic heterocycles. The minimum absolute atomic E-state index is 0.0506. The maximum Gasteiger partial charge on any atom is 0.416 e. The average Bonchev–Trinajstić information content (AvgIpc) is 2.97. The number of halogens is 4. The number of nitrogens with zero attached hydrogens (tertiary/aromatic N) is 3. The van der Waals surface area contributed by atoms with Gasteiger partial charge in [0.2, 0.25) is 17.6 Å². The van der Waals surface area contributed by atoms with Crippen molar-refractivity contribution in [1.82, 2.24) is 20.4 Å². The number of carbonyl (C=O) groups excluding carboxylic acids is 1. The molecule has 1 amide bonds. The summed E-state index contributed by atoms with van der Waals surface area (Å²) in [7, 11) is 0. The lowest BCUT2D eigenvalue weighted by Crippen LogP contribution is -2.47. The highest BCUT2D eigenvalue weighted by Crippen LogP contribution is 2.32. The normalized spacial score (nSPS) is 15.8. The first-order chi connectivity index (χ1) is 11.3. The number of hydrogen-bond donors (Lipinski definition) is 1. The summed E-state index contributed by atoms with van der Waals surface area (Å²) >= 11 is 0. The number of hydrogen-bond acceptors (Lipinski definition) is 5. The van der Waals surface area contributed by atoms with Gasteiger partial charge in [0.1, 0.15) is 12.4 Å². The van der Waals surface area contributed by atoms with Crippen molar-refractivity contribution in [3.05, 3.63) is 35.5 Å². The Balaban J connectivity index is 1.83.